The molecule has 0 radical (unpaired) electrons. The van der Waals surface area contributed by atoms with Crippen molar-refractivity contribution in [3.8, 4) is 45.3 Å². The number of nitrogens with zero attached hydrogens (tertiary/aromatic N) is 1. The number of hydrogen-bond donors (Lipinski definition) is 0. The molecule has 0 amide bonds. The molecule has 9 rings (SSSR count). The van der Waals surface area contributed by atoms with E-state index < -0.39 is 5.60 Å². The van der Waals surface area contributed by atoms with Gasteiger partial charge in [-0.3, -0.25) is 0 Å². The highest BCUT2D eigenvalue weighted by Gasteiger charge is 2.45. The fourth-order valence-corrected chi connectivity index (χ4v) is 9.01. The van der Waals surface area contributed by atoms with Gasteiger partial charge in [-0.25, -0.2) is 0 Å². The Bertz CT molecular complexity index is 2320. The quantitative estimate of drug-likeness (QED) is 0.166. The van der Waals surface area contributed by atoms with Crippen molar-refractivity contribution < 1.29 is 18.9 Å². The number of methoxy groups -OCH3 is 3. The van der Waals surface area contributed by atoms with Gasteiger partial charge in [-0.05, 0) is 107 Å². The molecule has 3 aliphatic rings. The van der Waals surface area contributed by atoms with Gasteiger partial charge in [0.1, 0.15) is 23.0 Å². The van der Waals surface area contributed by atoms with Gasteiger partial charge in [-0.15, -0.1) is 0 Å². The first kappa shape index (κ1) is 33.2. The second-order valence-electron chi connectivity index (χ2n) is 15.0. The average molecular weight is 700 g/mol. The van der Waals surface area contributed by atoms with Crippen LogP contribution in [0.2, 0.25) is 0 Å². The zero-order valence-corrected chi connectivity index (χ0v) is 31.2. The molecule has 5 nitrogen and oxygen atoms in total. The molecule has 1 saturated heterocycles. The molecule has 0 aromatic heterocycles. The van der Waals surface area contributed by atoms with E-state index >= 15 is 0 Å². The smallest absolute Gasteiger partial charge is 0.178 e. The normalized spacial score (nSPS) is 16.4. The monoisotopic (exact) mass is 699 g/mol. The van der Waals surface area contributed by atoms with Crippen LogP contribution < -0.4 is 23.8 Å². The predicted molar refractivity (Wildman–Crippen MR) is 216 cm³/mol. The third-order valence-corrected chi connectivity index (χ3v) is 11.8. The van der Waals surface area contributed by atoms with E-state index in [-0.39, 0.29) is 5.41 Å². The maximum atomic E-state index is 7.61. The van der Waals surface area contributed by atoms with Crippen LogP contribution in [0.25, 0.3) is 39.1 Å². The summed E-state index contributed by atoms with van der Waals surface area (Å²) in [6.07, 6.45) is 8.17. The lowest BCUT2D eigenvalue weighted by Crippen LogP contribution is -2.35. The minimum atomic E-state index is -0.915. The van der Waals surface area contributed by atoms with Crippen LogP contribution in [0.3, 0.4) is 0 Å². The minimum absolute atomic E-state index is 0.299. The summed E-state index contributed by atoms with van der Waals surface area (Å²) in [4.78, 5) is 2.51. The lowest BCUT2D eigenvalue weighted by Gasteiger charge is -2.39. The van der Waals surface area contributed by atoms with Crippen molar-refractivity contribution in [2.24, 2.45) is 0 Å². The number of fused-ring (bicyclic) bond motifs is 8. The molecule has 6 aromatic carbocycles. The molecule has 2 aliphatic heterocycles. The van der Waals surface area contributed by atoms with Crippen LogP contribution >= 0.6 is 0 Å². The van der Waals surface area contributed by atoms with E-state index in [1.165, 1.54) is 58.0 Å². The summed E-state index contributed by atoms with van der Waals surface area (Å²) >= 11 is 0. The molecule has 0 unspecified atom stereocenters. The third kappa shape index (κ3) is 5.20. The van der Waals surface area contributed by atoms with Crippen molar-refractivity contribution in [1.82, 2.24) is 0 Å². The summed E-state index contributed by atoms with van der Waals surface area (Å²) in [7, 11) is 5.18. The molecule has 53 heavy (non-hydrogen) atoms. The highest BCUT2D eigenvalue weighted by atomic mass is 16.5. The van der Waals surface area contributed by atoms with Gasteiger partial charge in [-0.1, -0.05) is 86.7 Å². The van der Waals surface area contributed by atoms with Crippen LogP contribution in [0, 0.1) is 0 Å². The van der Waals surface area contributed by atoms with Gasteiger partial charge < -0.3 is 23.8 Å². The van der Waals surface area contributed by atoms with E-state index in [1.54, 1.807) is 21.3 Å². The summed E-state index contributed by atoms with van der Waals surface area (Å²) < 4.78 is 25.0. The van der Waals surface area contributed by atoms with Gasteiger partial charge in [0.15, 0.2) is 5.60 Å². The van der Waals surface area contributed by atoms with Gasteiger partial charge >= 0.3 is 0 Å². The Labute approximate surface area is 312 Å². The molecular formula is C48H45NO4. The number of rotatable bonds is 7. The number of ether oxygens (including phenoxy) is 4. The highest BCUT2D eigenvalue weighted by Crippen LogP contribution is 2.59. The second-order valence-corrected chi connectivity index (χ2v) is 15.0. The largest absolute Gasteiger partial charge is 0.497 e. The van der Waals surface area contributed by atoms with Gasteiger partial charge in [-0.2, -0.15) is 0 Å². The molecule has 266 valence electrons. The predicted octanol–water partition coefficient (Wildman–Crippen LogP) is 11.2. The Kier molecular flexibility index (Phi) is 7.99. The fraction of sp³-hybridized carbons (Fsp3) is 0.250. The van der Waals surface area contributed by atoms with E-state index in [0.29, 0.717) is 0 Å². The molecule has 0 saturated carbocycles. The lowest BCUT2D eigenvalue weighted by atomic mass is 9.76. The first-order chi connectivity index (χ1) is 25.9. The van der Waals surface area contributed by atoms with Crippen molar-refractivity contribution >= 4 is 22.5 Å². The van der Waals surface area contributed by atoms with Crippen LogP contribution in [-0.2, 0) is 11.0 Å². The number of hydrogen-bond acceptors (Lipinski definition) is 5. The molecule has 0 N–H and O–H groups in total. The van der Waals surface area contributed by atoms with Gasteiger partial charge in [0.2, 0.25) is 0 Å². The number of piperidine rings is 1. The van der Waals surface area contributed by atoms with Crippen molar-refractivity contribution in [1.29, 1.82) is 0 Å². The standard InChI is InChI=1S/C48H45NO4/c1-47(2)41-28-32(31-12-8-6-9-13-31)14-23-37(41)44-39-29-42(49-26-10-7-11-27-49)43(52-5)30-40(39)46-38(45(44)47)24-25-48(53-46,33-15-19-35(50-3)20-16-33)34-17-21-36(51-4)22-18-34/h6,8-9,12-25,28-30H,7,10-11,26-27H2,1-5H3. The highest BCUT2D eigenvalue weighted by molar-refractivity contribution is 6.10. The average Bonchev–Trinajstić information content (AvgIpc) is 3.46. The zero-order chi connectivity index (χ0) is 36.3. The molecule has 1 aliphatic carbocycles. The van der Waals surface area contributed by atoms with E-state index in [4.69, 9.17) is 18.9 Å². The summed E-state index contributed by atoms with van der Waals surface area (Å²) in [6.45, 7) is 6.79. The summed E-state index contributed by atoms with van der Waals surface area (Å²) in [5, 5.41) is 2.23. The molecule has 0 bridgehead atoms. The van der Waals surface area contributed by atoms with Crippen LogP contribution in [0.4, 0.5) is 5.69 Å². The molecule has 0 spiro atoms. The Morgan fingerprint density at radius 2 is 1.30 bits per heavy atom. The second kappa shape index (κ2) is 12.8. The summed E-state index contributed by atoms with van der Waals surface area (Å²) in [5.74, 6) is 3.33. The topological polar surface area (TPSA) is 40.2 Å². The summed E-state index contributed by atoms with van der Waals surface area (Å²) in [5.41, 5.74) is 10.7. The van der Waals surface area contributed by atoms with Crippen molar-refractivity contribution in [2.75, 3.05) is 39.3 Å². The maximum absolute atomic E-state index is 7.61. The molecule has 0 atom stereocenters. The summed E-state index contributed by atoms with van der Waals surface area (Å²) in [6, 6.07) is 38.8. The van der Waals surface area contributed by atoms with E-state index in [1.807, 2.05) is 24.3 Å². The molecule has 6 aromatic rings. The maximum Gasteiger partial charge on any atom is 0.178 e. The molecule has 2 heterocycles. The van der Waals surface area contributed by atoms with Gasteiger partial charge in [0.25, 0.3) is 0 Å². The van der Waals surface area contributed by atoms with Crippen molar-refractivity contribution in [3.63, 3.8) is 0 Å². The molecule has 1 fully saturated rings. The number of anilines is 1. The zero-order valence-electron chi connectivity index (χ0n) is 31.2. The Balaban J connectivity index is 1.33. The first-order valence-electron chi connectivity index (χ1n) is 18.7. The van der Waals surface area contributed by atoms with Crippen molar-refractivity contribution in [2.45, 2.75) is 44.1 Å². The van der Waals surface area contributed by atoms with Crippen LogP contribution in [0.1, 0.15) is 60.9 Å². The molecule has 5 heteroatoms. The Morgan fingerprint density at radius 1 is 0.642 bits per heavy atom. The van der Waals surface area contributed by atoms with Crippen molar-refractivity contribution in [3.05, 3.63) is 143 Å². The van der Waals surface area contributed by atoms with Crippen LogP contribution in [0.15, 0.2) is 115 Å². The molecular weight excluding hydrogens is 655 g/mol. The lowest BCUT2D eigenvalue weighted by molar-refractivity contribution is 0.163. The van der Waals surface area contributed by atoms with Gasteiger partial charge in [0.05, 0.1) is 27.0 Å². The van der Waals surface area contributed by atoms with Crippen LogP contribution in [0.5, 0.6) is 23.0 Å². The fourth-order valence-electron chi connectivity index (χ4n) is 9.01. The number of benzene rings is 6. The Hall–Kier alpha value is -5.68. The third-order valence-electron chi connectivity index (χ3n) is 11.8. The Morgan fingerprint density at radius 3 is 1.92 bits per heavy atom. The minimum Gasteiger partial charge on any atom is -0.497 e. The van der Waals surface area contributed by atoms with E-state index in [0.717, 1.165) is 63.9 Å². The first-order valence-corrected chi connectivity index (χ1v) is 18.7. The SMILES string of the molecule is COc1ccc(C2(c3ccc(OC)cc3)C=Cc3c4c(c5cc(N6CCCCC6)c(OC)cc5c3O2)-c2ccc(-c3ccccc3)cc2C4(C)C)cc1. The van der Waals surface area contributed by atoms with Crippen LogP contribution in [-0.4, -0.2) is 34.4 Å². The van der Waals surface area contributed by atoms with E-state index in [9.17, 15) is 0 Å². The van der Waals surface area contributed by atoms with Gasteiger partial charge in [0, 0.05) is 40.6 Å². The van der Waals surface area contributed by atoms with E-state index in [2.05, 4.69) is 116 Å².